The predicted molar refractivity (Wildman–Crippen MR) is 72.5 cm³/mol. The van der Waals surface area contributed by atoms with Crippen molar-refractivity contribution in [1.82, 2.24) is 5.43 Å². The van der Waals surface area contributed by atoms with Crippen LogP contribution in [0.15, 0.2) is 0 Å². The standard InChI is InChI=1S/C14H28N2O2/c1-10(2)8-9-12(17)13(14(18)16-15)11-6-4-3-5-7-11/h10-13,17H,3-9,15H2,1-2H3,(H,16,18). The van der Waals surface area contributed by atoms with Crippen LogP contribution in [0.1, 0.15) is 58.8 Å². The van der Waals surface area contributed by atoms with Crippen LogP contribution < -0.4 is 11.3 Å². The number of hydrogen-bond donors (Lipinski definition) is 3. The van der Waals surface area contributed by atoms with Gasteiger partial charge in [-0.15, -0.1) is 0 Å². The van der Waals surface area contributed by atoms with Gasteiger partial charge in [-0.1, -0.05) is 33.1 Å². The van der Waals surface area contributed by atoms with Gasteiger partial charge >= 0.3 is 0 Å². The van der Waals surface area contributed by atoms with Crippen LogP contribution in [0.4, 0.5) is 0 Å². The van der Waals surface area contributed by atoms with Crippen molar-refractivity contribution in [2.75, 3.05) is 0 Å². The minimum atomic E-state index is -0.556. The fourth-order valence-electron chi connectivity index (χ4n) is 2.98. The molecule has 1 aliphatic rings. The number of aliphatic hydroxyl groups is 1. The van der Waals surface area contributed by atoms with Crippen LogP contribution in [0.25, 0.3) is 0 Å². The smallest absolute Gasteiger partial charge is 0.239 e. The maximum atomic E-state index is 11.9. The summed E-state index contributed by atoms with van der Waals surface area (Å²) >= 11 is 0. The monoisotopic (exact) mass is 256 g/mol. The molecule has 4 nitrogen and oxygen atoms in total. The Morgan fingerprint density at radius 3 is 2.39 bits per heavy atom. The van der Waals surface area contributed by atoms with E-state index in [1.807, 2.05) is 0 Å². The molecule has 0 bridgehead atoms. The molecule has 0 radical (unpaired) electrons. The zero-order valence-electron chi connectivity index (χ0n) is 11.7. The van der Waals surface area contributed by atoms with Gasteiger partial charge in [0.2, 0.25) is 5.91 Å². The fourth-order valence-corrected chi connectivity index (χ4v) is 2.98. The Hall–Kier alpha value is -0.610. The lowest BCUT2D eigenvalue weighted by atomic mass is 9.76. The van der Waals surface area contributed by atoms with Crippen molar-refractivity contribution in [3.8, 4) is 0 Å². The molecule has 1 saturated carbocycles. The van der Waals surface area contributed by atoms with Gasteiger partial charge in [-0.3, -0.25) is 10.2 Å². The van der Waals surface area contributed by atoms with Gasteiger partial charge in [0.25, 0.3) is 0 Å². The highest BCUT2D eigenvalue weighted by atomic mass is 16.3. The van der Waals surface area contributed by atoms with Gasteiger partial charge in [-0.05, 0) is 37.5 Å². The van der Waals surface area contributed by atoms with Crippen molar-refractivity contribution in [1.29, 1.82) is 0 Å². The van der Waals surface area contributed by atoms with E-state index in [1.165, 1.54) is 6.42 Å². The highest BCUT2D eigenvalue weighted by Gasteiger charge is 2.34. The minimum Gasteiger partial charge on any atom is -0.392 e. The van der Waals surface area contributed by atoms with Gasteiger partial charge in [0.15, 0.2) is 0 Å². The number of carbonyl (C=O) groups excluding carboxylic acids is 1. The maximum Gasteiger partial charge on any atom is 0.239 e. The SMILES string of the molecule is CC(C)CCC(O)C(C(=O)NN)C1CCCCC1. The molecule has 0 spiro atoms. The summed E-state index contributed by atoms with van der Waals surface area (Å²) in [5.74, 6) is 5.59. The molecule has 106 valence electrons. The van der Waals surface area contributed by atoms with E-state index in [4.69, 9.17) is 5.84 Å². The summed E-state index contributed by atoms with van der Waals surface area (Å²) in [5, 5.41) is 10.3. The first-order valence-corrected chi connectivity index (χ1v) is 7.24. The Balaban J connectivity index is 2.61. The Labute approximate surface area is 110 Å². The second kappa shape index (κ2) is 7.74. The Morgan fingerprint density at radius 1 is 1.28 bits per heavy atom. The molecule has 0 heterocycles. The third-order valence-electron chi connectivity index (χ3n) is 4.06. The fraction of sp³-hybridized carbons (Fsp3) is 0.929. The van der Waals surface area contributed by atoms with E-state index < -0.39 is 6.10 Å². The van der Waals surface area contributed by atoms with E-state index in [9.17, 15) is 9.90 Å². The molecule has 0 saturated heterocycles. The molecule has 2 atom stereocenters. The molecule has 18 heavy (non-hydrogen) atoms. The number of amides is 1. The Bertz CT molecular complexity index is 250. The average Bonchev–Trinajstić information content (AvgIpc) is 2.37. The van der Waals surface area contributed by atoms with Gasteiger partial charge in [0.05, 0.1) is 12.0 Å². The molecule has 4 heteroatoms. The molecule has 0 aromatic heterocycles. The normalized spacial score (nSPS) is 20.7. The number of hydrogen-bond acceptors (Lipinski definition) is 3. The lowest BCUT2D eigenvalue weighted by Crippen LogP contribution is -2.45. The average molecular weight is 256 g/mol. The molecule has 0 aromatic rings. The van der Waals surface area contributed by atoms with Crippen molar-refractivity contribution < 1.29 is 9.90 Å². The van der Waals surface area contributed by atoms with E-state index in [1.54, 1.807) is 0 Å². The van der Waals surface area contributed by atoms with Crippen LogP contribution in [0.3, 0.4) is 0 Å². The molecule has 2 unspecified atom stereocenters. The van der Waals surface area contributed by atoms with Crippen LogP contribution in [-0.2, 0) is 4.79 Å². The number of aliphatic hydroxyl groups excluding tert-OH is 1. The number of carbonyl (C=O) groups is 1. The van der Waals surface area contributed by atoms with E-state index in [0.29, 0.717) is 18.3 Å². The summed E-state index contributed by atoms with van der Waals surface area (Å²) in [6, 6.07) is 0. The number of rotatable bonds is 6. The molecule has 1 amide bonds. The highest BCUT2D eigenvalue weighted by molar-refractivity contribution is 5.78. The van der Waals surface area contributed by atoms with E-state index in [-0.39, 0.29) is 11.8 Å². The zero-order valence-corrected chi connectivity index (χ0v) is 11.7. The molecular weight excluding hydrogens is 228 g/mol. The molecule has 1 aliphatic carbocycles. The summed E-state index contributed by atoms with van der Waals surface area (Å²) < 4.78 is 0. The summed E-state index contributed by atoms with van der Waals surface area (Å²) in [6.45, 7) is 4.26. The summed E-state index contributed by atoms with van der Waals surface area (Å²) in [4.78, 5) is 11.9. The second-order valence-corrected chi connectivity index (χ2v) is 5.97. The lowest BCUT2D eigenvalue weighted by Gasteiger charge is -2.32. The van der Waals surface area contributed by atoms with E-state index >= 15 is 0 Å². The van der Waals surface area contributed by atoms with Crippen LogP contribution in [0, 0.1) is 17.8 Å². The summed E-state index contributed by atoms with van der Waals surface area (Å²) in [7, 11) is 0. The quantitative estimate of drug-likeness (QED) is 0.386. The van der Waals surface area contributed by atoms with Crippen LogP contribution in [0.5, 0.6) is 0 Å². The summed E-state index contributed by atoms with van der Waals surface area (Å²) in [5.41, 5.74) is 2.23. The number of hydrazine groups is 1. The highest BCUT2D eigenvalue weighted by Crippen LogP contribution is 2.33. The largest absolute Gasteiger partial charge is 0.392 e. The van der Waals surface area contributed by atoms with Crippen molar-refractivity contribution in [3.63, 3.8) is 0 Å². The predicted octanol–water partition coefficient (Wildman–Crippen LogP) is 1.97. The second-order valence-electron chi connectivity index (χ2n) is 5.97. The van der Waals surface area contributed by atoms with Gasteiger partial charge in [-0.2, -0.15) is 0 Å². The molecule has 4 N–H and O–H groups in total. The molecule has 1 fully saturated rings. The minimum absolute atomic E-state index is 0.196. The van der Waals surface area contributed by atoms with E-state index in [2.05, 4.69) is 19.3 Å². The third kappa shape index (κ3) is 4.58. The van der Waals surface area contributed by atoms with Gasteiger partial charge in [0.1, 0.15) is 0 Å². The zero-order chi connectivity index (χ0) is 13.5. The van der Waals surface area contributed by atoms with E-state index in [0.717, 1.165) is 32.1 Å². The first-order chi connectivity index (χ1) is 8.56. The number of nitrogens with two attached hydrogens (primary N) is 1. The first kappa shape index (κ1) is 15.4. The first-order valence-electron chi connectivity index (χ1n) is 7.24. The van der Waals surface area contributed by atoms with Crippen molar-refractivity contribution in [3.05, 3.63) is 0 Å². The van der Waals surface area contributed by atoms with Crippen molar-refractivity contribution in [2.45, 2.75) is 64.9 Å². The van der Waals surface area contributed by atoms with Gasteiger partial charge < -0.3 is 5.11 Å². The number of nitrogens with one attached hydrogen (secondary N) is 1. The Kier molecular flexibility index (Phi) is 6.65. The lowest BCUT2D eigenvalue weighted by molar-refractivity contribution is -0.132. The molecule has 0 aliphatic heterocycles. The maximum absolute atomic E-state index is 11.9. The van der Waals surface area contributed by atoms with Crippen molar-refractivity contribution >= 4 is 5.91 Å². The topological polar surface area (TPSA) is 75.3 Å². The van der Waals surface area contributed by atoms with Crippen molar-refractivity contribution in [2.24, 2.45) is 23.6 Å². The van der Waals surface area contributed by atoms with Gasteiger partial charge in [-0.25, -0.2) is 5.84 Å². The molecule has 0 aromatic carbocycles. The third-order valence-corrected chi connectivity index (χ3v) is 4.06. The van der Waals surface area contributed by atoms with Crippen LogP contribution in [-0.4, -0.2) is 17.1 Å². The molecular formula is C14H28N2O2. The molecule has 1 rings (SSSR count). The Morgan fingerprint density at radius 2 is 1.89 bits per heavy atom. The summed E-state index contributed by atoms with van der Waals surface area (Å²) in [6.07, 6.45) is 6.72. The van der Waals surface area contributed by atoms with Crippen LogP contribution >= 0.6 is 0 Å². The van der Waals surface area contributed by atoms with Crippen LogP contribution in [0.2, 0.25) is 0 Å². The van der Waals surface area contributed by atoms with Gasteiger partial charge in [0, 0.05) is 0 Å².